The van der Waals surface area contributed by atoms with Crippen molar-refractivity contribution < 1.29 is 14.4 Å². The van der Waals surface area contributed by atoms with E-state index in [1.165, 1.54) is 6.33 Å². The zero-order valence-corrected chi connectivity index (χ0v) is 12.4. The molecule has 0 aromatic carbocycles. The first-order valence-corrected chi connectivity index (χ1v) is 8.69. The summed E-state index contributed by atoms with van der Waals surface area (Å²) in [5, 5.41) is 0. The van der Waals surface area contributed by atoms with Crippen LogP contribution in [0.3, 0.4) is 0 Å². The van der Waals surface area contributed by atoms with Crippen LogP contribution in [-0.4, -0.2) is 35.5 Å². The third-order valence-corrected chi connectivity index (χ3v) is 4.78. The van der Waals surface area contributed by atoms with Gasteiger partial charge in [0.05, 0.1) is 12.5 Å². The summed E-state index contributed by atoms with van der Waals surface area (Å²) >= 11 is 0. The summed E-state index contributed by atoms with van der Waals surface area (Å²) in [6.45, 7) is 0.650. The Morgan fingerprint density at radius 1 is 1.38 bits per heavy atom. The number of nitrogen functional groups attached to an aromatic ring is 1. The third-order valence-electron chi connectivity index (χ3n) is 3.94. The molecule has 0 amide bonds. The van der Waals surface area contributed by atoms with Crippen LogP contribution in [0.25, 0.3) is 11.2 Å². The summed E-state index contributed by atoms with van der Waals surface area (Å²) in [6.07, 6.45) is 5.75. The number of anilines is 1. The number of rotatable bonds is 6. The zero-order chi connectivity index (χ0) is 15.0. The van der Waals surface area contributed by atoms with Gasteiger partial charge in [0.25, 0.3) is 0 Å². The van der Waals surface area contributed by atoms with Crippen LogP contribution in [0.1, 0.15) is 19.3 Å². The molecule has 2 heterocycles. The maximum Gasteiger partial charge on any atom is 0.325 e. The summed E-state index contributed by atoms with van der Waals surface area (Å²) in [5.41, 5.74) is 7.00. The maximum atomic E-state index is 11.1. The molecular formula is C12H18N5O3P. The highest BCUT2D eigenvalue weighted by Gasteiger charge is 2.33. The van der Waals surface area contributed by atoms with Gasteiger partial charge in [-0.25, -0.2) is 15.0 Å². The highest BCUT2D eigenvalue weighted by atomic mass is 31.2. The van der Waals surface area contributed by atoms with Crippen molar-refractivity contribution in [2.75, 3.05) is 11.9 Å². The lowest BCUT2D eigenvalue weighted by molar-refractivity contribution is 0.346. The van der Waals surface area contributed by atoms with Gasteiger partial charge in [-0.2, -0.15) is 0 Å². The van der Waals surface area contributed by atoms with Crippen LogP contribution in [0.4, 0.5) is 5.82 Å². The van der Waals surface area contributed by atoms with Crippen LogP contribution < -0.4 is 5.73 Å². The Hall–Kier alpha value is -1.50. The molecule has 4 N–H and O–H groups in total. The second-order valence-electron chi connectivity index (χ2n) is 5.60. The highest BCUT2D eigenvalue weighted by molar-refractivity contribution is 7.51. The molecule has 1 atom stereocenters. The van der Waals surface area contributed by atoms with Crippen molar-refractivity contribution in [3.63, 3.8) is 0 Å². The summed E-state index contributed by atoms with van der Waals surface area (Å²) in [4.78, 5) is 30.4. The van der Waals surface area contributed by atoms with Gasteiger partial charge < -0.3 is 20.1 Å². The second-order valence-corrected chi connectivity index (χ2v) is 7.38. The number of nitrogens with two attached hydrogens (primary N) is 1. The number of nitrogens with zero attached hydrogens (tertiary/aromatic N) is 4. The highest BCUT2D eigenvalue weighted by Crippen LogP contribution is 2.43. The molecule has 1 aliphatic rings. The molecule has 21 heavy (non-hydrogen) atoms. The van der Waals surface area contributed by atoms with Crippen LogP contribution in [0.15, 0.2) is 12.7 Å². The lowest BCUT2D eigenvalue weighted by atomic mass is 10.0. The molecule has 8 nitrogen and oxygen atoms in total. The topological polar surface area (TPSA) is 127 Å². The fourth-order valence-corrected chi connectivity index (χ4v) is 3.33. The monoisotopic (exact) mass is 311 g/mol. The quantitative estimate of drug-likeness (QED) is 0.679. The van der Waals surface area contributed by atoms with Crippen molar-refractivity contribution >= 4 is 24.6 Å². The van der Waals surface area contributed by atoms with E-state index in [2.05, 4.69) is 15.0 Å². The van der Waals surface area contributed by atoms with E-state index in [9.17, 15) is 4.57 Å². The van der Waals surface area contributed by atoms with Crippen LogP contribution in [0.5, 0.6) is 0 Å². The molecule has 0 radical (unpaired) electrons. The number of fused-ring (bicyclic) bond motifs is 1. The molecule has 1 saturated carbocycles. The molecule has 1 fully saturated rings. The van der Waals surface area contributed by atoms with Crippen LogP contribution >= 0.6 is 7.60 Å². The van der Waals surface area contributed by atoms with E-state index in [1.807, 2.05) is 4.57 Å². The van der Waals surface area contributed by atoms with Crippen LogP contribution in [0, 0.1) is 11.8 Å². The number of imidazole rings is 1. The van der Waals surface area contributed by atoms with Gasteiger partial charge in [0.2, 0.25) is 0 Å². The first kappa shape index (κ1) is 14.4. The molecule has 1 aliphatic carbocycles. The molecular weight excluding hydrogens is 293 g/mol. The molecule has 2 aromatic heterocycles. The molecule has 9 heteroatoms. The predicted molar refractivity (Wildman–Crippen MR) is 77.5 cm³/mol. The normalized spacial score (nSPS) is 17.2. The van der Waals surface area contributed by atoms with Gasteiger partial charge in [-0.05, 0) is 31.1 Å². The summed E-state index contributed by atoms with van der Waals surface area (Å²) in [7, 11) is -3.95. The van der Waals surface area contributed by atoms with Crippen molar-refractivity contribution in [3.8, 4) is 0 Å². The maximum absolute atomic E-state index is 11.1. The lowest BCUT2D eigenvalue weighted by Crippen LogP contribution is -2.14. The van der Waals surface area contributed by atoms with E-state index in [0.29, 0.717) is 35.9 Å². The average Bonchev–Trinajstić information content (AvgIpc) is 3.16. The van der Waals surface area contributed by atoms with Gasteiger partial charge >= 0.3 is 7.60 Å². The van der Waals surface area contributed by atoms with E-state index < -0.39 is 7.60 Å². The van der Waals surface area contributed by atoms with Crippen molar-refractivity contribution in [1.29, 1.82) is 0 Å². The minimum absolute atomic E-state index is 0.0715. The van der Waals surface area contributed by atoms with Crippen molar-refractivity contribution in [1.82, 2.24) is 19.5 Å². The van der Waals surface area contributed by atoms with Crippen LogP contribution in [0.2, 0.25) is 0 Å². The zero-order valence-electron chi connectivity index (χ0n) is 11.5. The third kappa shape index (κ3) is 3.40. The molecule has 1 unspecified atom stereocenters. The standard InChI is InChI=1S/C12H18N5O3P/c13-11-10-12(15-6-14-11)17(7-16-10)5-9(8-1-2-8)3-4-21(18,19)20/h6-9H,1-5H2,(H2,13,14,15)(H2,18,19,20). The Labute approximate surface area is 121 Å². The average molecular weight is 311 g/mol. The van der Waals surface area contributed by atoms with Crippen molar-refractivity contribution in [2.24, 2.45) is 11.8 Å². The molecule has 0 saturated heterocycles. The van der Waals surface area contributed by atoms with Crippen LogP contribution in [-0.2, 0) is 11.1 Å². The van der Waals surface area contributed by atoms with Gasteiger partial charge in [-0.15, -0.1) is 0 Å². The smallest absolute Gasteiger partial charge is 0.325 e. The summed E-state index contributed by atoms with van der Waals surface area (Å²) in [6, 6.07) is 0. The fraction of sp³-hybridized carbons (Fsp3) is 0.583. The van der Waals surface area contributed by atoms with E-state index in [0.717, 1.165) is 12.8 Å². The van der Waals surface area contributed by atoms with E-state index >= 15 is 0 Å². The molecule has 3 rings (SSSR count). The van der Waals surface area contributed by atoms with Gasteiger partial charge in [0.15, 0.2) is 11.5 Å². The Balaban J connectivity index is 1.78. The van der Waals surface area contributed by atoms with Gasteiger partial charge in [-0.1, -0.05) is 0 Å². The minimum Gasteiger partial charge on any atom is -0.382 e. The fourth-order valence-electron chi connectivity index (χ4n) is 2.66. The number of hydrogen-bond acceptors (Lipinski definition) is 5. The molecule has 114 valence electrons. The minimum atomic E-state index is -3.95. The van der Waals surface area contributed by atoms with Gasteiger partial charge in [0, 0.05) is 6.54 Å². The Bertz CT molecular complexity index is 693. The second kappa shape index (κ2) is 5.36. The van der Waals surface area contributed by atoms with E-state index in [1.54, 1.807) is 6.33 Å². The first-order valence-electron chi connectivity index (χ1n) is 6.90. The molecule has 2 aromatic rings. The lowest BCUT2D eigenvalue weighted by Gasteiger charge is -2.17. The largest absolute Gasteiger partial charge is 0.382 e. The van der Waals surface area contributed by atoms with Crippen molar-refractivity contribution in [3.05, 3.63) is 12.7 Å². The summed E-state index contributed by atoms with van der Waals surface area (Å²) < 4.78 is 13.0. The first-order chi connectivity index (χ1) is 9.94. The molecule has 0 aliphatic heterocycles. The Kier molecular flexibility index (Phi) is 3.69. The van der Waals surface area contributed by atoms with E-state index in [-0.39, 0.29) is 12.1 Å². The number of aromatic nitrogens is 4. The SMILES string of the molecule is Nc1ncnc2c1ncn2CC(CCP(=O)(O)O)C1CC1. The number of hydrogen-bond donors (Lipinski definition) is 3. The predicted octanol–water partition coefficient (Wildman–Crippen LogP) is 1.00. The van der Waals surface area contributed by atoms with Gasteiger partial charge in [-0.3, -0.25) is 4.57 Å². The Morgan fingerprint density at radius 2 is 2.14 bits per heavy atom. The van der Waals surface area contributed by atoms with Gasteiger partial charge in [0.1, 0.15) is 11.8 Å². The molecule has 0 bridgehead atoms. The summed E-state index contributed by atoms with van der Waals surface area (Å²) in [5.74, 6) is 1.11. The van der Waals surface area contributed by atoms with Crippen molar-refractivity contribution in [2.45, 2.75) is 25.8 Å². The Morgan fingerprint density at radius 3 is 2.81 bits per heavy atom. The van der Waals surface area contributed by atoms with E-state index in [4.69, 9.17) is 15.5 Å². The molecule has 0 spiro atoms.